The molecule has 3 aromatic rings. The number of aryl methyl sites for hydroxylation is 2. The van der Waals surface area contributed by atoms with Crippen LogP contribution in [0.1, 0.15) is 27.7 Å². The van der Waals surface area contributed by atoms with Gasteiger partial charge in [-0.25, -0.2) is 9.97 Å². The van der Waals surface area contributed by atoms with Crippen molar-refractivity contribution in [3.05, 3.63) is 34.5 Å². The standard InChI is InChI=1S/C19H17N3O4S2/c1-9-11(3)28-19-17(9)18(20-7-21-19)27-6-16(24)22-13-5-15-14(25-8-26-15)4-12(13)10(2)23/h4-5,7H,6,8H2,1-3H3,(H,22,24). The van der Waals surface area contributed by atoms with Gasteiger partial charge in [-0.3, -0.25) is 9.59 Å². The fourth-order valence-electron chi connectivity index (χ4n) is 2.92. The van der Waals surface area contributed by atoms with E-state index < -0.39 is 0 Å². The lowest BCUT2D eigenvalue weighted by molar-refractivity contribution is -0.113. The van der Waals surface area contributed by atoms with E-state index in [9.17, 15) is 9.59 Å². The highest BCUT2D eigenvalue weighted by Gasteiger charge is 2.21. The molecule has 0 aliphatic carbocycles. The van der Waals surface area contributed by atoms with Gasteiger partial charge in [0.15, 0.2) is 17.3 Å². The van der Waals surface area contributed by atoms with Gasteiger partial charge in [0.1, 0.15) is 16.2 Å². The number of carbonyl (C=O) groups is 2. The maximum absolute atomic E-state index is 12.5. The van der Waals surface area contributed by atoms with E-state index in [0.717, 1.165) is 20.8 Å². The van der Waals surface area contributed by atoms with Gasteiger partial charge in [0.05, 0.1) is 11.4 Å². The number of carbonyl (C=O) groups excluding carboxylic acids is 2. The van der Waals surface area contributed by atoms with Crippen molar-refractivity contribution >= 4 is 50.7 Å². The largest absolute Gasteiger partial charge is 0.454 e. The quantitative estimate of drug-likeness (QED) is 0.383. The average molecular weight is 415 g/mol. The third-order valence-corrected chi connectivity index (χ3v) is 6.54. The van der Waals surface area contributed by atoms with E-state index in [1.54, 1.807) is 23.5 Å². The fourth-order valence-corrected chi connectivity index (χ4v) is 4.83. The van der Waals surface area contributed by atoms with Gasteiger partial charge >= 0.3 is 0 Å². The number of fused-ring (bicyclic) bond motifs is 2. The molecule has 1 amide bonds. The molecule has 1 aliphatic heterocycles. The van der Waals surface area contributed by atoms with Crippen molar-refractivity contribution < 1.29 is 19.1 Å². The van der Waals surface area contributed by atoms with Gasteiger partial charge in [-0.2, -0.15) is 0 Å². The van der Waals surface area contributed by atoms with Gasteiger partial charge in [-0.15, -0.1) is 11.3 Å². The molecule has 1 aromatic carbocycles. The van der Waals surface area contributed by atoms with Crippen LogP contribution in [0.3, 0.4) is 0 Å². The van der Waals surface area contributed by atoms with Crippen molar-refractivity contribution in [1.82, 2.24) is 9.97 Å². The SMILES string of the molecule is CC(=O)c1cc2c(cc1NC(=O)CSc1ncnc3sc(C)c(C)c13)OCO2. The average Bonchev–Trinajstić information content (AvgIpc) is 3.23. The van der Waals surface area contributed by atoms with Crippen LogP contribution in [0, 0.1) is 13.8 Å². The summed E-state index contributed by atoms with van der Waals surface area (Å²) in [5.74, 6) is 0.775. The number of thiophene rings is 1. The molecule has 3 heterocycles. The summed E-state index contributed by atoms with van der Waals surface area (Å²) in [5, 5.41) is 4.58. The molecule has 0 saturated heterocycles. The molecule has 0 saturated carbocycles. The second-order valence-electron chi connectivity index (χ2n) is 6.29. The third kappa shape index (κ3) is 3.43. The van der Waals surface area contributed by atoms with Gasteiger partial charge in [0.25, 0.3) is 0 Å². The number of hydrogen-bond acceptors (Lipinski definition) is 8. The summed E-state index contributed by atoms with van der Waals surface area (Å²) in [6.45, 7) is 5.63. The Hall–Kier alpha value is -2.65. The number of ketones is 1. The number of aromatic nitrogens is 2. The number of Topliss-reactive ketones (excluding diaryl/α,β-unsaturated/α-hetero) is 1. The van der Waals surface area contributed by atoms with Crippen molar-refractivity contribution in [2.45, 2.75) is 25.8 Å². The van der Waals surface area contributed by atoms with Crippen LogP contribution in [0.25, 0.3) is 10.2 Å². The summed E-state index contributed by atoms with van der Waals surface area (Å²) in [5.41, 5.74) is 1.94. The monoisotopic (exact) mass is 415 g/mol. The maximum atomic E-state index is 12.5. The highest BCUT2D eigenvalue weighted by molar-refractivity contribution is 8.00. The topological polar surface area (TPSA) is 90.4 Å². The van der Waals surface area contributed by atoms with Gasteiger partial charge in [0, 0.05) is 21.9 Å². The third-order valence-electron chi connectivity index (χ3n) is 4.44. The molecule has 4 rings (SSSR count). The second-order valence-corrected chi connectivity index (χ2v) is 8.45. The molecule has 0 unspecified atom stereocenters. The summed E-state index contributed by atoms with van der Waals surface area (Å²) in [4.78, 5) is 35.2. The van der Waals surface area contributed by atoms with Crippen molar-refractivity contribution in [3.63, 3.8) is 0 Å². The van der Waals surface area contributed by atoms with Crippen LogP contribution in [0.15, 0.2) is 23.5 Å². The Morgan fingerprint density at radius 2 is 1.96 bits per heavy atom. The zero-order valence-corrected chi connectivity index (χ0v) is 17.1. The molecular weight excluding hydrogens is 398 g/mol. The van der Waals surface area contributed by atoms with Crippen LogP contribution in [-0.2, 0) is 4.79 Å². The summed E-state index contributed by atoms with van der Waals surface area (Å²) >= 11 is 2.97. The number of benzene rings is 1. The summed E-state index contributed by atoms with van der Waals surface area (Å²) in [7, 11) is 0. The first-order valence-electron chi connectivity index (χ1n) is 8.52. The molecule has 0 fully saturated rings. The van der Waals surface area contributed by atoms with Crippen LogP contribution in [0.5, 0.6) is 11.5 Å². The van der Waals surface area contributed by atoms with Crippen molar-refractivity contribution in [1.29, 1.82) is 0 Å². The van der Waals surface area contributed by atoms with Crippen LogP contribution < -0.4 is 14.8 Å². The van der Waals surface area contributed by atoms with E-state index in [1.807, 2.05) is 13.8 Å². The zero-order valence-electron chi connectivity index (χ0n) is 15.5. The lowest BCUT2D eigenvalue weighted by atomic mass is 10.1. The summed E-state index contributed by atoms with van der Waals surface area (Å²) in [6, 6.07) is 3.22. The van der Waals surface area contributed by atoms with Gasteiger partial charge in [0.2, 0.25) is 12.7 Å². The van der Waals surface area contributed by atoms with E-state index in [2.05, 4.69) is 15.3 Å². The minimum Gasteiger partial charge on any atom is -0.454 e. The predicted molar refractivity (Wildman–Crippen MR) is 109 cm³/mol. The number of nitrogens with one attached hydrogen (secondary N) is 1. The summed E-state index contributed by atoms with van der Waals surface area (Å²) < 4.78 is 10.6. The lowest BCUT2D eigenvalue weighted by Gasteiger charge is -2.10. The van der Waals surface area contributed by atoms with Crippen LogP contribution in [0.2, 0.25) is 0 Å². The Labute approximate surface area is 169 Å². The highest BCUT2D eigenvalue weighted by Crippen LogP contribution is 2.38. The molecule has 144 valence electrons. The number of hydrogen-bond donors (Lipinski definition) is 1. The second kappa shape index (κ2) is 7.40. The van der Waals surface area contributed by atoms with Crippen LogP contribution >= 0.6 is 23.1 Å². The Balaban J connectivity index is 1.53. The maximum Gasteiger partial charge on any atom is 0.234 e. The molecule has 1 aliphatic rings. The van der Waals surface area contributed by atoms with E-state index in [0.29, 0.717) is 22.7 Å². The van der Waals surface area contributed by atoms with Crippen molar-refractivity contribution in [2.24, 2.45) is 0 Å². The van der Waals surface area contributed by atoms with Crippen LogP contribution in [0.4, 0.5) is 5.69 Å². The number of thioether (sulfide) groups is 1. The van der Waals surface area contributed by atoms with E-state index >= 15 is 0 Å². The molecule has 0 spiro atoms. The van der Waals surface area contributed by atoms with Crippen molar-refractivity contribution in [2.75, 3.05) is 17.9 Å². The Bertz CT molecular complexity index is 1110. The molecule has 0 bridgehead atoms. The number of rotatable bonds is 5. The van der Waals surface area contributed by atoms with Gasteiger partial charge in [-0.05, 0) is 32.4 Å². The van der Waals surface area contributed by atoms with Crippen molar-refractivity contribution in [3.8, 4) is 11.5 Å². The highest BCUT2D eigenvalue weighted by atomic mass is 32.2. The first-order chi connectivity index (χ1) is 13.4. The minimum absolute atomic E-state index is 0.100. The smallest absolute Gasteiger partial charge is 0.234 e. The number of anilines is 1. The molecule has 1 N–H and O–H groups in total. The number of amides is 1. The van der Waals surface area contributed by atoms with E-state index in [-0.39, 0.29) is 24.2 Å². The zero-order chi connectivity index (χ0) is 19.8. The lowest BCUT2D eigenvalue weighted by Crippen LogP contribution is -2.16. The first-order valence-corrected chi connectivity index (χ1v) is 10.3. The van der Waals surface area contributed by atoms with E-state index in [1.165, 1.54) is 29.9 Å². The number of ether oxygens (including phenoxy) is 2. The normalized spacial score (nSPS) is 12.4. The molecule has 7 nitrogen and oxygen atoms in total. The predicted octanol–water partition coefficient (Wildman–Crippen LogP) is 3.97. The summed E-state index contributed by atoms with van der Waals surface area (Å²) in [6.07, 6.45) is 1.52. The van der Waals surface area contributed by atoms with E-state index in [4.69, 9.17) is 9.47 Å². The molecule has 28 heavy (non-hydrogen) atoms. The Morgan fingerprint density at radius 3 is 2.71 bits per heavy atom. The molecule has 9 heteroatoms. The fraction of sp³-hybridized carbons (Fsp3) is 0.263. The Kier molecular flexibility index (Phi) is 4.94. The first kappa shape index (κ1) is 18.7. The minimum atomic E-state index is -0.234. The van der Waals surface area contributed by atoms with Gasteiger partial charge < -0.3 is 14.8 Å². The number of nitrogens with zero attached hydrogens (tertiary/aromatic N) is 2. The molecular formula is C19H17N3O4S2. The molecule has 0 atom stereocenters. The molecule has 2 aromatic heterocycles. The Morgan fingerprint density at radius 1 is 1.21 bits per heavy atom. The van der Waals surface area contributed by atoms with Gasteiger partial charge in [-0.1, -0.05) is 11.8 Å². The molecule has 0 radical (unpaired) electrons. The van der Waals surface area contributed by atoms with Crippen LogP contribution in [-0.4, -0.2) is 34.2 Å².